The van der Waals surface area contributed by atoms with Gasteiger partial charge in [0, 0.05) is 19.6 Å². The maximum atomic E-state index is 12.0. The maximum absolute atomic E-state index is 12.0. The number of nitrogens with zero attached hydrogens (tertiary/aromatic N) is 2. The summed E-state index contributed by atoms with van der Waals surface area (Å²) in [6, 6.07) is -0.0561. The lowest BCUT2D eigenvalue weighted by atomic mass is 10.3. The van der Waals surface area contributed by atoms with Crippen molar-refractivity contribution in [2.24, 2.45) is 0 Å². The number of carboxylic acids is 1. The molecule has 17 heavy (non-hydrogen) atoms. The second-order valence-corrected chi connectivity index (χ2v) is 4.39. The molecular weight excluding hydrogens is 220 g/mol. The first-order chi connectivity index (χ1) is 8.06. The summed E-state index contributed by atoms with van der Waals surface area (Å²) >= 11 is 0. The summed E-state index contributed by atoms with van der Waals surface area (Å²) < 4.78 is 0. The summed E-state index contributed by atoms with van der Waals surface area (Å²) in [7, 11) is 1.71. The van der Waals surface area contributed by atoms with Gasteiger partial charge in [0.25, 0.3) is 0 Å². The lowest BCUT2D eigenvalue weighted by molar-refractivity contribution is -0.137. The summed E-state index contributed by atoms with van der Waals surface area (Å²) in [5.74, 6) is -0.954. The van der Waals surface area contributed by atoms with Gasteiger partial charge in [0.15, 0.2) is 0 Å². The molecule has 0 aliphatic heterocycles. The van der Waals surface area contributed by atoms with Crippen LogP contribution in [0.1, 0.15) is 25.7 Å². The number of hydrogen-bond donors (Lipinski definition) is 1. The van der Waals surface area contributed by atoms with E-state index >= 15 is 0 Å². The van der Waals surface area contributed by atoms with Crippen molar-refractivity contribution in [1.82, 2.24) is 9.80 Å². The molecular formula is C12H20N2O3. The fourth-order valence-electron chi connectivity index (χ4n) is 1.67. The van der Waals surface area contributed by atoms with E-state index in [4.69, 9.17) is 5.11 Å². The van der Waals surface area contributed by atoms with Gasteiger partial charge < -0.3 is 14.9 Å². The second kappa shape index (κ2) is 6.27. The summed E-state index contributed by atoms with van der Waals surface area (Å²) in [4.78, 5) is 25.8. The van der Waals surface area contributed by atoms with Crippen LogP contribution in [-0.2, 0) is 4.79 Å². The van der Waals surface area contributed by atoms with Crippen molar-refractivity contribution in [3.8, 4) is 0 Å². The highest BCUT2D eigenvalue weighted by Crippen LogP contribution is 2.27. The van der Waals surface area contributed by atoms with Crippen molar-refractivity contribution in [1.29, 1.82) is 0 Å². The van der Waals surface area contributed by atoms with E-state index in [0.717, 1.165) is 25.7 Å². The lowest BCUT2D eigenvalue weighted by Gasteiger charge is -2.26. The summed E-state index contributed by atoms with van der Waals surface area (Å²) in [5.41, 5.74) is 0. The Morgan fingerprint density at radius 2 is 2.12 bits per heavy atom. The molecule has 1 aliphatic rings. The number of allylic oxidation sites excluding steroid dienone is 1. The van der Waals surface area contributed by atoms with Crippen molar-refractivity contribution in [3.05, 3.63) is 12.7 Å². The van der Waals surface area contributed by atoms with Gasteiger partial charge in [-0.15, -0.1) is 6.58 Å². The van der Waals surface area contributed by atoms with Crippen LogP contribution < -0.4 is 0 Å². The summed E-state index contributed by atoms with van der Waals surface area (Å²) in [6.07, 6.45) is 5.37. The number of rotatable bonds is 7. The molecule has 1 N–H and O–H groups in total. The van der Waals surface area contributed by atoms with E-state index in [9.17, 15) is 9.59 Å². The van der Waals surface area contributed by atoms with Crippen LogP contribution in [0.5, 0.6) is 0 Å². The van der Waals surface area contributed by atoms with E-state index in [-0.39, 0.29) is 18.6 Å². The first-order valence-corrected chi connectivity index (χ1v) is 5.90. The predicted molar refractivity (Wildman–Crippen MR) is 64.8 cm³/mol. The van der Waals surface area contributed by atoms with Gasteiger partial charge in [-0.05, 0) is 25.7 Å². The molecule has 1 aliphatic carbocycles. The van der Waals surface area contributed by atoms with Gasteiger partial charge in [-0.1, -0.05) is 6.08 Å². The van der Waals surface area contributed by atoms with Crippen molar-refractivity contribution in [2.75, 3.05) is 20.1 Å². The topological polar surface area (TPSA) is 60.9 Å². The Morgan fingerprint density at radius 1 is 1.47 bits per heavy atom. The van der Waals surface area contributed by atoms with Gasteiger partial charge in [0.1, 0.15) is 6.54 Å². The highest BCUT2D eigenvalue weighted by Gasteiger charge is 2.35. The van der Waals surface area contributed by atoms with Crippen LogP contribution >= 0.6 is 0 Å². The van der Waals surface area contributed by atoms with Gasteiger partial charge in [-0.3, -0.25) is 4.79 Å². The minimum absolute atomic E-state index is 0.125. The van der Waals surface area contributed by atoms with E-state index < -0.39 is 5.97 Å². The second-order valence-electron chi connectivity index (χ2n) is 4.39. The molecule has 0 radical (unpaired) electrons. The number of unbranched alkanes of at least 4 members (excludes halogenated alkanes) is 1. The first kappa shape index (κ1) is 13.5. The Morgan fingerprint density at radius 3 is 2.59 bits per heavy atom. The van der Waals surface area contributed by atoms with Crippen molar-refractivity contribution >= 4 is 12.0 Å². The molecule has 0 spiro atoms. The van der Waals surface area contributed by atoms with Crippen LogP contribution in [0.15, 0.2) is 12.7 Å². The molecule has 5 nitrogen and oxygen atoms in total. The zero-order valence-electron chi connectivity index (χ0n) is 10.3. The van der Waals surface area contributed by atoms with Gasteiger partial charge in [-0.25, -0.2) is 4.79 Å². The number of urea groups is 1. The number of carbonyl (C=O) groups excluding carboxylic acids is 1. The third kappa shape index (κ3) is 4.46. The quantitative estimate of drug-likeness (QED) is 0.542. The molecule has 0 atom stereocenters. The standard InChI is InChI=1S/C12H20N2O3/c1-3-4-5-8-13(2)12(17)14(9-11(15)16)10-6-7-10/h3,10H,1,4-9H2,2H3,(H,15,16). The van der Waals surface area contributed by atoms with Crippen molar-refractivity contribution < 1.29 is 14.7 Å². The van der Waals surface area contributed by atoms with Crippen LogP contribution in [0, 0.1) is 0 Å². The highest BCUT2D eigenvalue weighted by molar-refractivity contribution is 5.80. The Labute approximate surface area is 102 Å². The van der Waals surface area contributed by atoms with Crippen molar-refractivity contribution in [2.45, 2.75) is 31.7 Å². The number of hydrogen-bond acceptors (Lipinski definition) is 2. The molecule has 0 heterocycles. The predicted octanol–water partition coefficient (Wildman–Crippen LogP) is 1.55. The molecule has 0 bridgehead atoms. The smallest absolute Gasteiger partial charge is 0.323 e. The first-order valence-electron chi connectivity index (χ1n) is 5.90. The van der Waals surface area contributed by atoms with Gasteiger partial charge in [0.2, 0.25) is 0 Å². The van der Waals surface area contributed by atoms with E-state index in [0.29, 0.717) is 6.54 Å². The summed E-state index contributed by atoms with van der Waals surface area (Å²) in [5, 5.41) is 8.78. The Bertz CT molecular complexity index is 300. The van der Waals surface area contributed by atoms with Crippen LogP contribution in [0.4, 0.5) is 4.79 Å². The molecule has 0 unspecified atom stereocenters. The molecule has 1 rings (SSSR count). The molecule has 96 valence electrons. The van der Waals surface area contributed by atoms with Crippen molar-refractivity contribution in [3.63, 3.8) is 0 Å². The molecule has 0 aromatic heterocycles. The van der Waals surface area contributed by atoms with Gasteiger partial charge in [-0.2, -0.15) is 0 Å². The van der Waals surface area contributed by atoms with Crippen LogP contribution in [0.25, 0.3) is 0 Å². The van der Waals surface area contributed by atoms with Gasteiger partial charge in [0.05, 0.1) is 0 Å². The molecule has 5 heteroatoms. The zero-order chi connectivity index (χ0) is 12.8. The van der Waals surface area contributed by atoms with E-state index in [1.54, 1.807) is 11.9 Å². The van der Waals surface area contributed by atoms with Crippen LogP contribution in [-0.4, -0.2) is 53.1 Å². The average molecular weight is 240 g/mol. The molecule has 0 saturated heterocycles. The SMILES string of the molecule is C=CCCCN(C)C(=O)N(CC(=O)O)C1CC1. The molecule has 0 aromatic rings. The largest absolute Gasteiger partial charge is 0.480 e. The molecule has 2 amide bonds. The minimum Gasteiger partial charge on any atom is -0.480 e. The fourth-order valence-corrected chi connectivity index (χ4v) is 1.67. The zero-order valence-corrected chi connectivity index (χ0v) is 10.3. The third-order valence-electron chi connectivity index (χ3n) is 2.77. The van der Waals surface area contributed by atoms with Crippen LogP contribution in [0.2, 0.25) is 0 Å². The maximum Gasteiger partial charge on any atom is 0.323 e. The van der Waals surface area contributed by atoms with Gasteiger partial charge >= 0.3 is 12.0 Å². The number of amides is 2. The minimum atomic E-state index is -0.954. The van der Waals surface area contributed by atoms with Crippen LogP contribution in [0.3, 0.4) is 0 Å². The Balaban J connectivity index is 2.45. The van der Waals surface area contributed by atoms with E-state index in [1.165, 1.54) is 4.90 Å². The molecule has 1 saturated carbocycles. The van der Waals surface area contributed by atoms with E-state index in [2.05, 4.69) is 6.58 Å². The normalized spacial score (nSPS) is 14.2. The number of carbonyl (C=O) groups is 2. The van der Waals surface area contributed by atoms with E-state index in [1.807, 2.05) is 6.08 Å². The summed E-state index contributed by atoms with van der Waals surface area (Å²) in [6.45, 7) is 4.06. The highest BCUT2D eigenvalue weighted by atomic mass is 16.4. The lowest BCUT2D eigenvalue weighted by Crippen LogP contribution is -2.45. The Kier molecular flexibility index (Phi) is 5.00. The number of aliphatic carboxylic acids is 1. The fraction of sp³-hybridized carbons (Fsp3) is 0.667. The number of carboxylic acid groups (broad SMARTS) is 1. The third-order valence-corrected chi connectivity index (χ3v) is 2.77. The molecule has 0 aromatic carbocycles. The average Bonchev–Trinajstić information content (AvgIpc) is 3.08. The monoisotopic (exact) mass is 240 g/mol. The molecule has 1 fully saturated rings. The Hall–Kier alpha value is -1.52.